The van der Waals surface area contributed by atoms with Crippen molar-refractivity contribution in [3.63, 3.8) is 0 Å². The van der Waals surface area contributed by atoms with Gasteiger partial charge in [-0.1, -0.05) is 41.9 Å². The van der Waals surface area contributed by atoms with Crippen molar-refractivity contribution < 1.29 is 0 Å². The summed E-state index contributed by atoms with van der Waals surface area (Å²) in [5, 5.41) is 1.92. The second-order valence-electron chi connectivity index (χ2n) is 6.24. The Hall–Kier alpha value is -2.10. The molecule has 0 spiro atoms. The number of piperazine rings is 1. The number of aromatic nitrogens is 1. The zero-order valence-corrected chi connectivity index (χ0v) is 14.3. The Labute approximate surface area is 147 Å². The fraction of sp³-hybridized carbons (Fsp3) is 0.250. The van der Waals surface area contributed by atoms with Crippen molar-refractivity contribution in [3.8, 4) is 0 Å². The van der Waals surface area contributed by atoms with Gasteiger partial charge in [0, 0.05) is 55.0 Å². The minimum absolute atomic E-state index is 0.736. The number of rotatable bonds is 3. The van der Waals surface area contributed by atoms with Crippen LogP contribution >= 0.6 is 11.6 Å². The van der Waals surface area contributed by atoms with Gasteiger partial charge in [-0.25, -0.2) is 0 Å². The molecule has 0 bridgehead atoms. The number of hydrogen-bond donors (Lipinski definition) is 0. The summed E-state index contributed by atoms with van der Waals surface area (Å²) in [5.74, 6) is 0. The normalized spacial score (nSPS) is 15.8. The molecule has 1 aromatic heterocycles. The van der Waals surface area contributed by atoms with Crippen LogP contribution in [-0.2, 0) is 6.54 Å². The van der Waals surface area contributed by atoms with Gasteiger partial charge in [0.15, 0.2) is 0 Å². The Balaban J connectivity index is 1.48. The maximum Gasteiger partial charge on any atom is 0.0737 e. The number of hydrogen-bond acceptors (Lipinski definition) is 3. The van der Waals surface area contributed by atoms with Crippen molar-refractivity contribution in [2.24, 2.45) is 0 Å². The molecule has 3 nitrogen and oxygen atoms in total. The minimum atomic E-state index is 0.736. The van der Waals surface area contributed by atoms with Crippen LogP contribution in [0.25, 0.3) is 10.9 Å². The molecule has 122 valence electrons. The zero-order chi connectivity index (χ0) is 16.4. The second-order valence-corrected chi connectivity index (χ2v) is 6.68. The largest absolute Gasteiger partial charge is 0.368 e. The number of anilines is 1. The molecule has 4 rings (SSSR count). The van der Waals surface area contributed by atoms with Gasteiger partial charge in [0.05, 0.1) is 5.52 Å². The Morgan fingerprint density at radius 2 is 1.71 bits per heavy atom. The van der Waals surface area contributed by atoms with Crippen molar-refractivity contribution >= 4 is 28.2 Å². The number of fused-ring (bicyclic) bond motifs is 1. The average molecular weight is 338 g/mol. The van der Waals surface area contributed by atoms with E-state index in [1.165, 1.54) is 16.6 Å². The molecule has 0 amide bonds. The lowest BCUT2D eigenvalue weighted by Crippen LogP contribution is -2.46. The second kappa shape index (κ2) is 6.80. The summed E-state index contributed by atoms with van der Waals surface area (Å²) in [6.45, 7) is 5.25. The van der Waals surface area contributed by atoms with Crippen molar-refractivity contribution in [2.75, 3.05) is 31.1 Å². The molecule has 3 aromatic rings. The van der Waals surface area contributed by atoms with Gasteiger partial charge < -0.3 is 4.90 Å². The van der Waals surface area contributed by atoms with Crippen LogP contribution in [0.3, 0.4) is 0 Å². The van der Waals surface area contributed by atoms with E-state index in [2.05, 4.69) is 57.2 Å². The standard InChI is InChI=1S/C20H20ClN3/c21-17-6-7-18-19(14-17)22-9-8-20(18)24-12-10-23(11-13-24)15-16-4-2-1-3-5-16/h1-9,14H,10-13,15H2. The van der Waals surface area contributed by atoms with Crippen LogP contribution in [0.1, 0.15) is 5.56 Å². The molecule has 2 aromatic carbocycles. The number of halogens is 1. The molecule has 0 aliphatic carbocycles. The van der Waals surface area contributed by atoms with Crippen molar-refractivity contribution in [1.29, 1.82) is 0 Å². The van der Waals surface area contributed by atoms with E-state index >= 15 is 0 Å². The van der Waals surface area contributed by atoms with Gasteiger partial charge in [-0.15, -0.1) is 0 Å². The Bertz CT molecular complexity index is 827. The number of benzene rings is 2. The van der Waals surface area contributed by atoms with Crippen LogP contribution in [-0.4, -0.2) is 36.1 Å². The highest BCUT2D eigenvalue weighted by Crippen LogP contribution is 2.28. The lowest BCUT2D eigenvalue weighted by Gasteiger charge is -2.36. The van der Waals surface area contributed by atoms with Crippen LogP contribution in [0.4, 0.5) is 5.69 Å². The molecule has 0 saturated carbocycles. The Morgan fingerprint density at radius 1 is 0.917 bits per heavy atom. The lowest BCUT2D eigenvalue weighted by molar-refractivity contribution is 0.250. The fourth-order valence-corrected chi connectivity index (χ4v) is 3.54. The Kier molecular flexibility index (Phi) is 4.37. The molecule has 0 unspecified atom stereocenters. The lowest BCUT2D eigenvalue weighted by atomic mass is 10.1. The molecule has 1 fully saturated rings. The summed E-state index contributed by atoms with van der Waals surface area (Å²) in [7, 11) is 0. The number of pyridine rings is 1. The van der Waals surface area contributed by atoms with E-state index in [4.69, 9.17) is 11.6 Å². The molecule has 4 heteroatoms. The summed E-state index contributed by atoms with van der Waals surface area (Å²) in [6, 6.07) is 18.8. The third-order valence-corrected chi connectivity index (χ3v) is 4.88. The Morgan fingerprint density at radius 3 is 2.50 bits per heavy atom. The van der Waals surface area contributed by atoms with Gasteiger partial charge in [-0.05, 0) is 29.8 Å². The monoisotopic (exact) mass is 337 g/mol. The minimum Gasteiger partial charge on any atom is -0.368 e. The van der Waals surface area contributed by atoms with Gasteiger partial charge in [-0.3, -0.25) is 9.88 Å². The van der Waals surface area contributed by atoms with Crippen LogP contribution in [0.15, 0.2) is 60.8 Å². The third-order valence-electron chi connectivity index (χ3n) is 4.64. The summed E-state index contributed by atoms with van der Waals surface area (Å²) in [4.78, 5) is 9.42. The highest BCUT2D eigenvalue weighted by atomic mass is 35.5. The van der Waals surface area contributed by atoms with E-state index in [0.717, 1.165) is 43.3 Å². The smallest absolute Gasteiger partial charge is 0.0737 e. The molecule has 0 radical (unpaired) electrons. The van der Waals surface area contributed by atoms with Crippen LogP contribution in [0.5, 0.6) is 0 Å². The molecular weight excluding hydrogens is 318 g/mol. The van der Waals surface area contributed by atoms with Crippen molar-refractivity contribution in [1.82, 2.24) is 9.88 Å². The van der Waals surface area contributed by atoms with Gasteiger partial charge in [0.25, 0.3) is 0 Å². The molecule has 24 heavy (non-hydrogen) atoms. The maximum absolute atomic E-state index is 6.09. The topological polar surface area (TPSA) is 19.4 Å². The van der Waals surface area contributed by atoms with Crippen molar-refractivity contribution in [2.45, 2.75) is 6.54 Å². The third kappa shape index (κ3) is 3.23. The highest BCUT2D eigenvalue weighted by Gasteiger charge is 2.19. The van der Waals surface area contributed by atoms with E-state index in [0.29, 0.717) is 0 Å². The first kappa shape index (κ1) is 15.4. The summed E-state index contributed by atoms with van der Waals surface area (Å²) in [5.41, 5.74) is 3.61. The average Bonchev–Trinajstić information content (AvgIpc) is 2.62. The van der Waals surface area contributed by atoms with E-state index in [-0.39, 0.29) is 0 Å². The highest BCUT2D eigenvalue weighted by molar-refractivity contribution is 6.31. The maximum atomic E-state index is 6.09. The predicted molar refractivity (Wildman–Crippen MR) is 101 cm³/mol. The summed E-state index contributed by atoms with van der Waals surface area (Å²) >= 11 is 6.09. The quantitative estimate of drug-likeness (QED) is 0.713. The van der Waals surface area contributed by atoms with E-state index < -0.39 is 0 Å². The first-order chi connectivity index (χ1) is 11.8. The molecule has 0 atom stereocenters. The molecule has 1 saturated heterocycles. The molecule has 2 heterocycles. The van der Waals surface area contributed by atoms with E-state index in [1.807, 2.05) is 18.3 Å². The fourth-order valence-electron chi connectivity index (χ4n) is 3.37. The van der Waals surface area contributed by atoms with Crippen LogP contribution < -0.4 is 4.90 Å². The first-order valence-corrected chi connectivity index (χ1v) is 8.73. The predicted octanol–water partition coefficient (Wildman–Crippen LogP) is 4.21. The van der Waals surface area contributed by atoms with Gasteiger partial charge in [-0.2, -0.15) is 0 Å². The van der Waals surface area contributed by atoms with Crippen LogP contribution in [0.2, 0.25) is 5.02 Å². The van der Waals surface area contributed by atoms with Crippen molar-refractivity contribution in [3.05, 3.63) is 71.4 Å². The SMILES string of the molecule is Clc1ccc2c(N3CCN(Cc4ccccc4)CC3)ccnc2c1. The molecule has 1 aliphatic rings. The van der Waals surface area contributed by atoms with E-state index in [9.17, 15) is 0 Å². The summed E-state index contributed by atoms with van der Waals surface area (Å²) < 4.78 is 0. The van der Waals surface area contributed by atoms with Gasteiger partial charge >= 0.3 is 0 Å². The molecule has 0 N–H and O–H groups in total. The zero-order valence-electron chi connectivity index (χ0n) is 13.5. The molecule has 1 aliphatic heterocycles. The van der Waals surface area contributed by atoms with Gasteiger partial charge in [0.2, 0.25) is 0 Å². The molecular formula is C20H20ClN3. The van der Waals surface area contributed by atoms with Gasteiger partial charge in [0.1, 0.15) is 0 Å². The number of nitrogens with zero attached hydrogens (tertiary/aromatic N) is 3. The van der Waals surface area contributed by atoms with Crippen LogP contribution in [0, 0.1) is 0 Å². The van der Waals surface area contributed by atoms with E-state index in [1.54, 1.807) is 0 Å². The first-order valence-electron chi connectivity index (χ1n) is 8.35. The summed E-state index contributed by atoms with van der Waals surface area (Å²) in [6.07, 6.45) is 1.88.